The molecule has 17 unspecified atom stereocenters. The molecule has 0 radical (unpaired) electrons. The van der Waals surface area contributed by atoms with E-state index in [2.05, 4.69) is 67.8 Å². The maximum Gasteiger partial charge on any atom is 0.220 e. The average Bonchev–Trinajstić information content (AvgIpc) is 3.40. The minimum atomic E-state index is -1.98. The lowest BCUT2D eigenvalue weighted by Crippen LogP contribution is -2.66. The van der Waals surface area contributed by atoms with Crippen molar-refractivity contribution in [2.45, 2.75) is 253 Å². The monoisotopic (exact) mass is 1060 g/mol. The summed E-state index contributed by atoms with van der Waals surface area (Å²) in [7, 11) is 0. The molecule has 428 valence electrons. The summed E-state index contributed by atoms with van der Waals surface area (Å²) >= 11 is 0. The summed E-state index contributed by atoms with van der Waals surface area (Å²) in [4.78, 5) is 13.3. The first-order valence-corrected chi connectivity index (χ1v) is 27.5. The first kappa shape index (κ1) is 65.8. The zero-order chi connectivity index (χ0) is 54.1. The van der Waals surface area contributed by atoms with Gasteiger partial charge < -0.3 is 89.9 Å². The Morgan fingerprint density at radius 3 is 1.46 bits per heavy atom. The number of amides is 1. The summed E-state index contributed by atoms with van der Waals surface area (Å²) < 4.78 is 34.1. The second-order valence-corrected chi connectivity index (χ2v) is 19.7. The van der Waals surface area contributed by atoms with E-state index in [-0.39, 0.29) is 18.9 Å². The number of carbonyl (C=O) groups is 1. The molecule has 3 saturated heterocycles. The van der Waals surface area contributed by atoms with Crippen LogP contribution in [0.5, 0.6) is 0 Å². The SMILES string of the molecule is CCCCC/C=C\C/C=C\CCCCCCCC(=O)NC(COC1OC(CO)C(OC2OC(CO)C(OC3OC(CO)C(O)C(O)C3O)C(O)C2O)C(O)C1O)C(O)/C=C/CC/C=C/CC/C=C/CCCCCC. The van der Waals surface area contributed by atoms with Crippen LogP contribution in [-0.2, 0) is 33.2 Å². The molecule has 12 N–H and O–H groups in total. The topological polar surface area (TPSA) is 307 Å². The van der Waals surface area contributed by atoms with Gasteiger partial charge in [-0.1, -0.05) is 126 Å². The van der Waals surface area contributed by atoms with Crippen LogP contribution in [0.15, 0.2) is 60.8 Å². The number of aliphatic hydroxyl groups is 11. The second kappa shape index (κ2) is 38.9. The van der Waals surface area contributed by atoms with Gasteiger partial charge in [-0.25, -0.2) is 0 Å². The lowest BCUT2D eigenvalue weighted by atomic mass is 9.96. The first-order chi connectivity index (χ1) is 35.8. The normalized spacial score (nSPS) is 31.9. The molecule has 19 heteroatoms. The molecule has 3 fully saturated rings. The second-order valence-electron chi connectivity index (χ2n) is 19.7. The largest absolute Gasteiger partial charge is 0.394 e. The van der Waals surface area contributed by atoms with Gasteiger partial charge in [-0.2, -0.15) is 0 Å². The van der Waals surface area contributed by atoms with Crippen LogP contribution in [0.25, 0.3) is 0 Å². The molecular weight excluding hydrogens is 963 g/mol. The predicted molar refractivity (Wildman–Crippen MR) is 277 cm³/mol. The molecule has 19 nitrogen and oxygen atoms in total. The highest BCUT2D eigenvalue weighted by atomic mass is 16.8. The Kier molecular flexibility index (Phi) is 34.6. The number of ether oxygens (including phenoxy) is 6. The van der Waals surface area contributed by atoms with Gasteiger partial charge in [0, 0.05) is 6.42 Å². The van der Waals surface area contributed by atoms with Crippen LogP contribution in [0, 0.1) is 0 Å². The van der Waals surface area contributed by atoms with E-state index in [9.17, 15) is 61.0 Å². The third-order valence-electron chi connectivity index (χ3n) is 13.5. The summed E-state index contributed by atoms with van der Waals surface area (Å²) in [5.41, 5.74) is 0. The number of hydrogen-bond donors (Lipinski definition) is 12. The van der Waals surface area contributed by atoms with Crippen molar-refractivity contribution in [2.24, 2.45) is 0 Å². The summed E-state index contributed by atoms with van der Waals surface area (Å²) in [5.74, 6) is -0.309. The molecule has 0 saturated carbocycles. The molecule has 0 aromatic heterocycles. The van der Waals surface area contributed by atoms with Crippen molar-refractivity contribution in [2.75, 3.05) is 26.4 Å². The fourth-order valence-corrected chi connectivity index (χ4v) is 8.90. The van der Waals surface area contributed by atoms with Crippen LogP contribution in [0.4, 0.5) is 0 Å². The molecule has 17 atom stereocenters. The highest BCUT2D eigenvalue weighted by Crippen LogP contribution is 2.33. The standard InChI is InChI=1S/C55H95NO18/c1-3-5-7-9-11-13-15-17-19-21-23-25-27-29-31-33-43(61)56-38(39(60)32-30-28-26-24-22-20-18-16-14-12-10-8-6-4-2)37-69-53-49(67)46(64)51(41(35-58)71-53)74-55-50(68)47(65)52(42(36-59)72-55)73-54-48(66)45(63)44(62)40(34-57)70-54/h11,13-14,16-17,19,22,24,30,32,38-42,44-55,57-60,62-68H,3-10,12,15,18,20-21,23,25-29,31,33-37H2,1-2H3,(H,56,61)/b13-11-,16-14+,19-17-,24-22+,32-30+. The molecule has 0 aliphatic carbocycles. The van der Waals surface area contributed by atoms with E-state index in [4.69, 9.17) is 28.4 Å². The summed E-state index contributed by atoms with van der Waals surface area (Å²) in [5, 5.41) is 120. The Labute approximate surface area is 439 Å². The molecule has 0 aromatic carbocycles. The molecular formula is C55H95NO18. The van der Waals surface area contributed by atoms with Gasteiger partial charge in [0.1, 0.15) is 73.2 Å². The van der Waals surface area contributed by atoms with E-state index < -0.39 is 124 Å². The first-order valence-electron chi connectivity index (χ1n) is 27.5. The molecule has 3 aliphatic heterocycles. The molecule has 74 heavy (non-hydrogen) atoms. The minimum Gasteiger partial charge on any atom is -0.394 e. The van der Waals surface area contributed by atoms with Gasteiger partial charge in [0.25, 0.3) is 0 Å². The van der Waals surface area contributed by atoms with Crippen molar-refractivity contribution in [3.8, 4) is 0 Å². The van der Waals surface area contributed by atoms with Gasteiger partial charge in [0.05, 0.1) is 38.6 Å². The molecule has 3 heterocycles. The number of aliphatic hydroxyl groups excluding tert-OH is 11. The molecule has 3 rings (SSSR count). The third-order valence-corrected chi connectivity index (χ3v) is 13.5. The van der Waals surface area contributed by atoms with E-state index in [1.54, 1.807) is 6.08 Å². The number of allylic oxidation sites excluding steroid dienone is 9. The number of carbonyl (C=O) groups excluding carboxylic acids is 1. The lowest BCUT2D eigenvalue weighted by molar-refractivity contribution is -0.379. The van der Waals surface area contributed by atoms with Crippen molar-refractivity contribution in [1.29, 1.82) is 0 Å². The summed E-state index contributed by atoms with van der Waals surface area (Å²) in [6.45, 7) is 1.59. The van der Waals surface area contributed by atoms with E-state index >= 15 is 0 Å². The number of unbranched alkanes of at least 4 members (excludes halogenated alkanes) is 14. The van der Waals surface area contributed by atoms with Crippen molar-refractivity contribution >= 4 is 5.91 Å². The zero-order valence-electron chi connectivity index (χ0n) is 44.0. The molecule has 0 bridgehead atoms. The highest BCUT2D eigenvalue weighted by Gasteiger charge is 2.53. The smallest absolute Gasteiger partial charge is 0.220 e. The van der Waals surface area contributed by atoms with Crippen LogP contribution in [-0.4, -0.2) is 193 Å². The fourth-order valence-electron chi connectivity index (χ4n) is 8.90. The van der Waals surface area contributed by atoms with Crippen molar-refractivity contribution in [1.82, 2.24) is 5.32 Å². The Morgan fingerprint density at radius 2 is 0.905 bits per heavy atom. The van der Waals surface area contributed by atoms with Gasteiger partial charge in [0.15, 0.2) is 18.9 Å². The van der Waals surface area contributed by atoms with Gasteiger partial charge >= 0.3 is 0 Å². The fraction of sp³-hybridized carbons (Fsp3) is 0.800. The van der Waals surface area contributed by atoms with Gasteiger partial charge in [0.2, 0.25) is 5.91 Å². The minimum absolute atomic E-state index is 0.213. The van der Waals surface area contributed by atoms with Gasteiger partial charge in [-0.3, -0.25) is 4.79 Å². The molecule has 0 aromatic rings. The molecule has 1 amide bonds. The van der Waals surface area contributed by atoms with Crippen LogP contribution < -0.4 is 5.32 Å². The van der Waals surface area contributed by atoms with E-state index in [1.807, 2.05) is 6.08 Å². The number of rotatable bonds is 38. The summed E-state index contributed by atoms with van der Waals surface area (Å²) in [6.07, 6.45) is 15.0. The quantitative estimate of drug-likeness (QED) is 0.0312. The zero-order valence-corrected chi connectivity index (χ0v) is 44.0. The van der Waals surface area contributed by atoms with E-state index in [1.165, 1.54) is 44.9 Å². The Balaban J connectivity index is 1.57. The molecule has 3 aliphatic rings. The average molecular weight is 1060 g/mol. The van der Waals surface area contributed by atoms with Crippen molar-refractivity contribution < 1.29 is 89.4 Å². The Bertz CT molecular complexity index is 1590. The van der Waals surface area contributed by atoms with Crippen LogP contribution in [0.1, 0.15) is 149 Å². The summed E-state index contributed by atoms with van der Waals surface area (Å²) in [6, 6.07) is -1.00. The molecule has 0 spiro atoms. The lowest BCUT2D eigenvalue weighted by Gasteiger charge is -2.48. The number of nitrogens with one attached hydrogen (secondary N) is 1. The van der Waals surface area contributed by atoms with Crippen molar-refractivity contribution in [3.63, 3.8) is 0 Å². The van der Waals surface area contributed by atoms with E-state index in [0.29, 0.717) is 12.8 Å². The maximum absolute atomic E-state index is 13.3. The van der Waals surface area contributed by atoms with Crippen LogP contribution >= 0.6 is 0 Å². The van der Waals surface area contributed by atoms with Crippen LogP contribution in [0.2, 0.25) is 0 Å². The van der Waals surface area contributed by atoms with Gasteiger partial charge in [-0.05, 0) is 77.0 Å². The third kappa shape index (κ3) is 23.6. The predicted octanol–water partition coefficient (Wildman–Crippen LogP) is 3.31. The Hall–Kier alpha value is -2.51. The Morgan fingerprint density at radius 1 is 0.486 bits per heavy atom. The highest BCUT2D eigenvalue weighted by molar-refractivity contribution is 5.76. The maximum atomic E-state index is 13.3. The van der Waals surface area contributed by atoms with Gasteiger partial charge in [-0.15, -0.1) is 0 Å². The van der Waals surface area contributed by atoms with Crippen LogP contribution in [0.3, 0.4) is 0 Å². The number of hydrogen-bond acceptors (Lipinski definition) is 18. The van der Waals surface area contributed by atoms with E-state index in [0.717, 1.165) is 70.6 Å². The van der Waals surface area contributed by atoms with Crippen molar-refractivity contribution in [3.05, 3.63) is 60.8 Å².